The number of benzene rings is 2. The number of aliphatic hydroxyl groups is 1. The smallest absolute Gasteiger partial charge is 0.253 e. The van der Waals surface area contributed by atoms with Crippen LogP contribution < -0.4 is 5.32 Å². The summed E-state index contributed by atoms with van der Waals surface area (Å²) in [5, 5.41) is 12.0. The van der Waals surface area contributed by atoms with Crippen LogP contribution >= 0.6 is 11.6 Å². The fraction of sp³-hybridized carbons (Fsp3) is 0.381. The molecule has 8 heteroatoms. The van der Waals surface area contributed by atoms with E-state index < -0.39 is 21.2 Å². The van der Waals surface area contributed by atoms with Crippen LogP contribution in [0, 0.1) is 5.92 Å². The molecule has 0 spiro atoms. The molecule has 0 bridgehead atoms. The molecule has 2 aromatic rings. The first-order chi connectivity index (χ1) is 13.8. The summed E-state index contributed by atoms with van der Waals surface area (Å²) < 4.78 is 31.8. The van der Waals surface area contributed by atoms with Gasteiger partial charge in [0.15, 0.2) is 9.84 Å². The van der Waals surface area contributed by atoms with E-state index in [2.05, 4.69) is 5.32 Å². The van der Waals surface area contributed by atoms with Gasteiger partial charge in [0.1, 0.15) is 6.10 Å². The number of fused-ring (bicyclic) bond motifs is 1. The van der Waals surface area contributed by atoms with E-state index in [1.54, 1.807) is 31.2 Å². The summed E-state index contributed by atoms with van der Waals surface area (Å²) in [5.41, 5.74) is 1.99. The van der Waals surface area contributed by atoms with Crippen LogP contribution in [0.5, 0.6) is 0 Å². The lowest BCUT2D eigenvalue weighted by Crippen LogP contribution is -2.28. The average molecular weight is 438 g/mol. The Hall–Kier alpha value is -1.93. The van der Waals surface area contributed by atoms with Gasteiger partial charge in [0.2, 0.25) is 0 Å². The molecule has 1 amide bonds. The monoisotopic (exact) mass is 437 g/mol. The number of hydrogen-bond acceptors (Lipinski definition) is 5. The molecule has 1 aliphatic carbocycles. The summed E-state index contributed by atoms with van der Waals surface area (Å²) in [6, 6.07) is 11.4. The highest BCUT2D eigenvalue weighted by Gasteiger charge is 2.37. The average Bonchev–Trinajstić information content (AvgIpc) is 2.72. The van der Waals surface area contributed by atoms with Crippen LogP contribution in [0.15, 0.2) is 47.4 Å². The zero-order chi connectivity index (χ0) is 21.2. The maximum absolute atomic E-state index is 13.4. The van der Waals surface area contributed by atoms with Gasteiger partial charge in [-0.3, -0.25) is 4.79 Å². The number of halogens is 1. The molecule has 6 nitrogen and oxygen atoms in total. The van der Waals surface area contributed by atoms with Gasteiger partial charge in [0.05, 0.1) is 10.1 Å². The summed E-state index contributed by atoms with van der Waals surface area (Å²) in [6.45, 7) is 1.54. The van der Waals surface area contributed by atoms with E-state index in [-0.39, 0.29) is 23.3 Å². The van der Waals surface area contributed by atoms with Gasteiger partial charge in [-0.1, -0.05) is 23.7 Å². The van der Waals surface area contributed by atoms with E-state index >= 15 is 0 Å². The Morgan fingerprint density at radius 1 is 1.31 bits per heavy atom. The predicted octanol–water partition coefficient (Wildman–Crippen LogP) is 3.38. The number of nitrogens with one attached hydrogen (secondary N) is 1. The molecular formula is C21H24ClNO5S. The second kappa shape index (κ2) is 8.83. The number of aliphatic hydroxyl groups excluding tert-OH is 1. The SMILES string of the molecule is CO[C@H](C)C(=O)Nc1ccc2c(c1)C(S(=O)(=O)c1cccc(Cl)c1)C[C@H](CO)C2. The summed E-state index contributed by atoms with van der Waals surface area (Å²) in [4.78, 5) is 12.3. The van der Waals surface area contributed by atoms with E-state index in [4.69, 9.17) is 16.3 Å². The molecule has 0 saturated carbocycles. The number of amides is 1. The van der Waals surface area contributed by atoms with Gasteiger partial charge in [0.25, 0.3) is 5.91 Å². The van der Waals surface area contributed by atoms with Gasteiger partial charge >= 0.3 is 0 Å². The van der Waals surface area contributed by atoms with Crippen molar-refractivity contribution in [3.63, 3.8) is 0 Å². The lowest BCUT2D eigenvalue weighted by Gasteiger charge is -2.31. The summed E-state index contributed by atoms with van der Waals surface area (Å²) >= 11 is 6.01. The molecule has 1 unspecified atom stereocenters. The van der Waals surface area contributed by atoms with E-state index in [0.29, 0.717) is 29.1 Å². The van der Waals surface area contributed by atoms with E-state index in [1.807, 2.05) is 6.07 Å². The number of sulfone groups is 1. The van der Waals surface area contributed by atoms with Crippen LogP contribution in [0.4, 0.5) is 5.69 Å². The largest absolute Gasteiger partial charge is 0.396 e. The zero-order valence-electron chi connectivity index (χ0n) is 16.3. The highest BCUT2D eigenvalue weighted by Crippen LogP contribution is 2.42. The molecule has 156 valence electrons. The van der Waals surface area contributed by atoms with Gasteiger partial charge in [-0.15, -0.1) is 0 Å². The third-order valence-electron chi connectivity index (χ3n) is 5.30. The molecule has 3 rings (SSSR count). The van der Waals surface area contributed by atoms with Crippen molar-refractivity contribution in [3.8, 4) is 0 Å². The lowest BCUT2D eigenvalue weighted by molar-refractivity contribution is -0.124. The van der Waals surface area contributed by atoms with Crippen molar-refractivity contribution in [2.75, 3.05) is 19.0 Å². The molecule has 0 heterocycles. The molecule has 0 fully saturated rings. The highest BCUT2D eigenvalue weighted by molar-refractivity contribution is 7.91. The Morgan fingerprint density at radius 2 is 2.07 bits per heavy atom. The number of hydrogen-bond donors (Lipinski definition) is 2. The molecule has 3 atom stereocenters. The van der Waals surface area contributed by atoms with Crippen molar-refractivity contribution in [1.82, 2.24) is 0 Å². The molecule has 0 saturated heterocycles. The summed E-state index contributed by atoms with van der Waals surface area (Å²) in [5.74, 6) is -0.471. The normalized spacial score (nSPS) is 20.0. The van der Waals surface area contributed by atoms with Gasteiger partial charge in [-0.05, 0) is 67.1 Å². The van der Waals surface area contributed by atoms with E-state index in [1.165, 1.54) is 19.2 Å². The van der Waals surface area contributed by atoms with Gasteiger partial charge in [-0.25, -0.2) is 8.42 Å². The summed E-state index contributed by atoms with van der Waals surface area (Å²) in [6.07, 6.45) is 0.246. The number of carbonyl (C=O) groups excluding carboxylic acids is 1. The van der Waals surface area contributed by atoms with E-state index in [9.17, 15) is 18.3 Å². The highest BCUT2D eigenvalue weighted by atomic mass is 35.5. The lowest BCUT2D eigenvalue weighted by atomic mass is 9.83. The second-order valence-electron chi connectivity index (χ2n) is 7.26. The van der Waals surface area contributed by atoms with Crippen LogP contribution in [-0.2, 0) is 25.8 Å². The minimum absolute atomic E-state index is 0.0924. The Kier molecular flexibility index (Phi) is 6.63. The first-order valence-corrected chi connectivity index (χ1v) is 11.3. The maximum Gasteiger partial charge on any atom is 0.253 e. The zero-order valence-corrected chi connectivity index (χ0v) is 17.8. The van der Waals surface area contributed by atoms with Crippen LogP contribution in [0.2, 0.25) is 5.02 Å². The first kappa shape index (κ1) is 21.8. The van der Waals surface area contributed by atoms with Crippen molar-refractivity contribution in [1.29, 1.82) is 0 Å². The third kappa shape index (κ3) is 4.64. The Bertz CT molecular complexity index is 1010. The molecule has 0 aromatic heterocycles. The fourth-order valence-corrected chi connectivity index (χ4v) is 5.80. The molecule has 1 aliphatic rings. The minimum atomic E-state index is -3.74. The number of anilines is 1. The first-order valence-electron chi connectivity index (χ1n) is 9.33. The molecule has 2 aromatic carbocycles. The second-order valence-corrected chi connectivity index (χ2v) is 9.83. The van der Waals surface area contributed by atoms with Crippen molar-refractivity contribution < 1.29 is 23.1 Å². The van der Waals surface area contributed by atoms with Crippen molar-refractivity contribution in [2.24, 2.45) is 5.92 Å². The fourth-order valence-electron chi connectivity index (χ4n) is 3.57. The van der Waals surface area contributed by atoms with Crippen LogP contribution in [-0.4, -0.2) is 39.3 Å². The molecule has 0 radical (unpaired) electrons. The minimum Gasteiger partial charge on any atom is -0.396 e. The third-order valence-corrected chi connectivity index (χ3v) is 7.64. The van der Waals surface area contributed by atoms with Crippen molar-refractivity contribution in [2.45, 2.75) is 36.0 Å². The standard InChI is InChI=1S/C21H24ClNO5S/c1-13(28-2)21(25)23-17-7-6-15-8-14(12-24)9-20(19(15)11-17)29(26,27)18-5-3-4-16(22)10-18/h3-7,10-11,13-14,20,24H,8-9,12H2,1-2H3,(H,23,25)/t13-,14-,20?/m1/s1. The van der Waals surface area contributed by atoms with Gasteiger partial charge in [0, 0.05) is 24.4 Å². The van der Waals surface area contributed by atoms with Gasteiger partial charge in [-0.2, -0.15) is 0 Å². The molecule has 0 aliphatic heterocycles. The van der Waals surface area contributed by atoms with Gasteiger partial charge < -0.3 is 15.2 Å². The number of carbonyl (C=O) groups is 1. The number of ether oxygens (including phenoxy) is 1. The summed E-state index contributed by atoms with van der Waals surface area (Å²) in [7, 11) is -2.30. The number of methoxy groups -OCH3 is 1. The Balaban J connectivity index is 2.03. The predicted molar refractivity (Wildman–Crippen MR) is 112 cm³/mol. The van der Waals surface area contributed by atoms with Crippen LogP contribution in [0.25, 0.3) is 0 Å². The van der Waals surface area contributed by atoms with Crippen molar-refractivity contribution in [3.05, 3.63) is 58.6 Å². The topological polar surface area (TPSA) is 92.7 Å². The van der Waals surface area contributed by atoms with Crippen molar-refractivity contribution >= 4 is 33.0 Å². The quantitative estimate of drug-likeness (QED) is 0.722. The molecular weight excluding hydrogens is 414 g/mol. The molecule has 29 heavy (non-hydrogen) atoms. The number of rotatable bonds is 6. The van der Waals surface area contributed by atoms with Crippen LogP contribution in [0.3, 0.4) is 0 Å². The Morgan fingerprint density at radius 3 is 2.72 bits per heavy atom. The Labute approximate surface area is 175 Å². The van der Waals surface area contributed by atoms with Crippen LogP contribution in [0.1, 0.15) is 29.7 Å². The van der Waals surface area contributed by atoms with E-state index in [0.717, 1.165) is 5.56 Å². The maximum atomic E-state index is 13.4. The molecule has 2 N–H and O–H groups in total.